The maximum Gasteiger partial charge on any atom is 0.137 e. The SMILES string of the molecule is C#CCCN1CCCC1C1CCCC1=O. The molecule has 0 amide bonds. The fraction of sp³-hybridized carbons (Fsp3) is 0.769. The Bertz CT molecular complexity index is 279. The molecular weight excluding hydrogens is 186 g/mol. The molecule has 2 aliphatic rings. The van der Waals surface area contributed by atoms with Crippen LogP contribution in [0.3, 0.4) is 0 Å². The molecule has 1 aliphatic heterocycles. The Labute approximate surface area is 92.0 Å². The van der Waals surface area contributed by atoms with Crippen LogP contribution in [0.15, 0.2) is 0 Å². The zero-order chi connectivity index (χ0) is 10.7. The molecular formula is C13H19NO. The highest BCUT2D eigenvalue weighted by Gasteiger charge is 2.37. The van der Waals surface area contributed by atoms with E-state index in [0.29, 0.717) is 17.7 Å². The molecule has 1 heterocycles. The second-order valence-corrected chi connectivity index (χ2v) is 4.66. The van der Waals surface area contributed by atoms with Gasteiger partial charge in [-0.1, -0.05) is 0 Å². The molecule has 2 rings (SSSR count). The van der Waals surface area contributed by atoms with Gasteiger partial charge in [0.2, 0.25) is 0 Å². The molecule has 1 aliphatic carbocycles. The lowest BCUT2D eigenvalue weighted by Crippen LogP contribution is -2.37. The third-order valence-corrected chi connectivity index (χ3v) is 3.77. The van der Waals surface area contributed by atoms with Crippen molar-refractivity contribution in [2.75, 3.05) is 13.1 Å². The van der Waals surface area contributed by atoms with Crippen molar-refractivity contribution >= 4 is 5.78 Å². The fourth-order valence-corrected chi connectivity index (χ4v) is 3.04. The number of Topliss-reactive ketones (excluding diaryl/α,β-unsaturated/α-hetero) is 1. The standard InChI is InChI=1S/C13H19NO/c1-2-3-9-14-10-5-7-12(14)11-6-4-8-13(11)15/h1,11-12H,3-10H2. The van der Waals surface area contributed by atoms with Gasteiger partial charge in [0.1, 0.15) is 5.78 Å². The van der Waals surface area contributed by atoms with Crippen LogP contribution in [0, 0.1) is 18.3 Å². The average molecular weight is 205 g/mol. The first-order valence-corrected chi connectivity index (χ1v) is 6.03. The van der Waals surface area contributed by atoms with Crippen molar-refractivity contribution in [2.45, 2.75) is 44.6 Å². The van der Waals surface area contributed by atoms with Gasteiger partial charge in [0, 0.05) is 31.3 Å². The summed E-state index contributed by atoms with van der Waals surface area (Å²) in [6, 6.07) is 0.508. The summed E-state index contributed by atoms with van der Waals surface area (Å²) in [4.78, 5) is 14.2. The minimum atomic E-state index is 0.324. The lowest BCUT2D eigenvalue weighted by molar-refractivity contribution is -0.122. The average Bonchev–Trinajstić information content (AvgIpc) is 2.82. The summed E-state index contributed by atoms with van der Waals surface area (Å²) in [5.74, 6) is 3.51. The van der Waals surface area contributed by atoms with Gasteiger partial charge in [-0.05, 0) is 32.2 Å². The maximum atomic E-state index is 11.7. The Morgan fingerprint density at radius 1 is 1.40 bits per heavy atom. The third kappa shape index (κ3) is 2.23. The van der Waals surface area contributed by atoms with Crippen LogP contribution in [0.5, 0.6) is 0 Å². The normalized spacial score (nSPS) is 32.1. The Hall–Kier alpha value is -0.810. The molecule has 2 unspecified atom stereocenters. The molecule has 15 heavy (non-hydrogen) atoms. The number of rotatable bonds is 3. The summed E-state index contributed by atoms with van der Waals surface area (Å²) >= 11 is 0. The minimum absolute atomic E-state index is 0.324. The molecule has 0 bridgehead atoms. The van der Waals surface area contributed by atoms with Crippen LogP contribution >= 0.6 is 0 Å². The van der Waals surface area contributed by atoms with Crippen LogP contribution in [0.4, 0.5) is 0 Å². The number of hydrogen-bond donors (Lipinski definition) is 0. The first kappa shape index (κ1) is 10.7. The Morgan fingerprint density at radius 2 is 2.27 bits per heavy atom. The molecule has 1 saturated heterocycles. The number of terminal acetylenes is 1. The van der Waals surface area contributed by atoms with Gasteiger partial charge >= 0.3 is 0 Å². The fourth-order valence-electron chi connectivity index (χ4n) is 3.04. The lowest BCUT2D eigenvalue weighted by atomic mass is 9.95. The summed E-state index contributed by atoms with van der Waals surface area (Å²) in [5, 5.41) is 0. The smallest absolute Gasteiger partial charge is 0.137 e. The number of carbonyl (C=O) groups is 1. The van der Waals surface area contributed by atoms with E-state index in [1.807, 2.05) is 0 Å². The summed E-state index contributed by atoms with van der Waals surface area (Å²) in [5.41, 5.74) is 0. The van der Waals surface area contributed by atoms with Gasteiger partial charge in [-0.25, -0.2) is 0 Å². The zero-order valence-electron chi connectivity index (χ0n) is 9.24. The summed E-state index contributed by atoms with van der Waals surface area (Å²) < 4.78 is 0. The molecule has 0 N–H and O–H groups in total. The van der Waals surface area contributed by atoms with E-state index in [-0.39, 0.29) is 0 Å². The summed E-state index contributed by atoms with van der Waals surface area (Å²) in [6.07, 6.45) is 11.6. The molecule has 0 aromatic heterocycles. The Kier molecular flexibility index (Phi) is 3.43. The van der Waals surface area contributed by atoms with Crippen molar-refractivity contribution in [3.05, 3.63) is 0 Å². The van der Waals surface area contributed by atoms with E-state index in [4.69, 9.17) is 6.42 Å². The van der Waals surface area contributed by atoms with E-state index in [1.54, 1.807) is 0 Å². The number of nitrogens with zero attached hydrogens (tertiary/aromatic N) is 1. The number of ketones is 1. The highest BCUT2D eigenvalue weighted by atomic mass is 16.1. The molecule has 2 nitrogen and oxygen atoms in total. The number of hydrogen-bond acceptors (Lipinski definition) is 2. The van der Waals surface area contributed by atoms with E-state index in [1.165, 1.54) is 12.8 Å². The predicted octanol–water partition coefficient (Wildman–Crippen LogP) is 1.84. The van der Waals surface area contributed by atoms with Crippen molar-refractivity contribution < 1.29 is 4.79 Å². The van der Waals surface area contributed by atoms with E-state index in [2.05, 4.69) is 10.8 Å². The van der Waals surface area contributed by atoms with Gasteiger partial charge < -0.3 is 0 Å². The number of carbonyl (C=O) groups excluding carboxylic acids is 1. The Morgan fingerprint density at radius 3 is 2.93 bits per heavy atom. The molecule has 2 heteroatoms. The highest BCUT2D eigenvalue weighted by molar-refractivity contribution is 5.83. The molecule has 82 valence electrons. The van der Waals surface area contributed by atoms with Crippen molar-refractivity contribution in [3.63, 3.8) is 0 Å². The summed E-state index contributed by atoms with van der Waals surface area (Å²) in [6.45, 7) is 2.11. The van der Waals surface area contributed by atoms with Gasteiger partial charge in [-0.3, -0.25) is 9.69 Å². The second-order valence-electron chi connectivity index (χ2n) is 4.66. The topological polar surface area (TPSA) is 20.3 Å². The minimum Gasteiger partial charge on any atom is -0.299 e. The van der Waals surface area contributed by atoms with Gasteiger partial charge in [0.15, 0.2) is 0 Å². The molecule has 0 aromatic carbocycles. The first-order chi connectivity index (χ1) is 7.33. The quantitative estimate of drug-likeness (QED) is 0.655. The second kappa shape index (κ2) is 4.81. The third-order valence-electron chi connectivity index (χ3n) is 3.77. The number of likely N-dealkylation sites (tertiary alicyclic amines) is 1. The molecule has 0 spiro atoms. The maximum absolute atomic E-state index is 11.7. The highest BCUT2D eigenvalue weighted by Crippen LogP contribution is 2.33. The van der Waals surface area contributed by atoms with Crippen molar-refractivity contribution in [1.29, 1.82) is 0 Å². The zero-order valence-corrected chi connectivity index (χ0v) is 9.24. The van der Waals surface area contributed by atoms with Crippen molar-refractivity contribution in [3.8, 4) is 12.3 Å². The van der Waals surface area contributed by atoms with E-state index in [9.17, 15) is 4.79 Å². The van der Waals surface area contributed by atoms with Crippen LogP contribution < -0.4 is 0 Å². The van der Waals surface area contributed by atoms with Crippen LogP contribution in [0.25, 0.3) is 0 Å². The molecule has 2 atom stereocenters. The van der Waals surface area contributed by atoms with E-state index >= 15 is 0 Å². The van der Waals surface area contributed by atoms with Gasteiger partial charge in [-0.2, -0.15) is 0 Å². The Balaban J connectivity index is 1.95. The van der Waals surface area contributed by atoms with Crippen molar-refractivity contribution in [1.82, 2.24) is 4.90 Å². The first-order valence-electron chi connectivity index (χ1n) is 6.03. The lowest BCUT2D eigenvalue weighted by Gasteiger charge is -2.27. The van der Waals surface area contributed by atoms with Crippen molar-refractivity contribution in [2.24, 2.45) is 5.92 Å². The molecule has 0 radical (unpaired) electrons. The van der Waals surface area contributed by atoms with E-state index < -0.39 is 0 Å². The monoisotopic (exact) mass is 205 g/mol. The molecule has 1 saturated carbocycles. The summed E-state index contributed by atoms with van der Waals surface area (Å²) in [7, 11) is 0. The van der Waals surface area contributed by atoms with Gasteiger partial charge in [0.25, 0.3) is 0 Å². The largest absolute Gasteiger partial charge is 0.299 e. The van der Waals surface area contributed by atoms with E-state index in [0.717, 1.165) is 38.8 Å². The van der Waals surface area contributed by atoms with Gasteiger partial charge in [-0.15, -0.1) is 12.3 Å². The predicted molar refractivity (Wildman–Crippen MR) is 60.4 cm³/mol. The molecule has 2 fully saturated rings. The van der Waals surface area contributed by atoms with Crippen LogP contribution in [0.2, 0.25) is 0 Å². The van der Waals surface area contributed by atoms with Gasteiger partial charge in [0.05, 0.1) is 0 Å². The van der Waals surface area contributed by atoms with Crippen LogP contribution in [-0.4, -0.2) is 29.8 Å². The van der Waals surface area contributed by atoms with Crippen LogP contribution in [0.1, 0.15) is 38.5 Å². The van der Waals surface area contributed by atoms with Crippen LogP contribution in [-0.2, 0) is 4.79 Å². The molecule has 0 aromatic rings.